The lowest BCUT2D eigenvalue weighted by Crippen LogP contribution is -2.35. The molecule has 1 saturated heterocycles. The molecule has 32 heavy (non-hydrogen) atoms. The van der Waals surface area contributed by atoms with Gasteiger partial charge in [0.05, 0.1) is 18.7 Å². The van der Waals surface area contributed by atoms with Crippen LogP contribution in [0.25, 0.3) is 5.76 Å². The van der Waals surface area contributed by atoms with Crippen molar-refractivity contribution >= 4 is 35.0 Å². The van der Waals surface area contributed by atoms with Crippen LogP contribution in [0, 0.1) is 13.8 Å². The predicted octanol–water partition coefficient (Wildman–Crippen LogP) is 3.05. The number of likely N-dealkylation sites (tertiary alicyclic amines) is 1. The van der Waals surface area contributed by atoms with Gasteiger partial charge >= 0.3 is 5.97 Å². The standard InChI is InChI=1S/C23H26ClN3O5/c1-12-16(13(2)25-18(12)23(31)32-5)20(28)17-19(14-7-6-8-15(24)11-14)27(10-9-26(3)4)22(30)21(17)29/h6-8,11,19,25,28H,9-10H2,1-5H3/b20-17+/t19-/m1/s1. The molecule has 2 aromatic rings. The summed E-state index contributed by atoms with van der Waals surface area (Å²) in [4.78, 5) is 44.4. The van der Waals surface area contributed by atoms with Gasteiger partial charge in [0.15, 0.2) is 0 Å². The number of methoxy groups -OCH3 is 1. The van der Waals surface area contributed by atoms with Gasteiger partial charge in [-0.05, 0) is 51.2 Å². The molecule has 8 nitrogen and oxygen atoms in total. The van der Waals surface area contributed by atoms with Crippen molar-refractivity contribution in [1.82, 2.24) is 14.8 Å². The van der Waals surface area contributed by atoms with Crippen LogP contribution in [0.2, 0.25) is 5.02 Å². The third-order valence-electron chi connectivity index (χ3n) is 5.56. The Bertz CT molecular complexity index is 1120. The van der Waals surface area contributed by atoms with Gasteiger partial charge in [-0.3, -0.25) is 9.59 Å². The third kappa shape index (κ3) is 4.16. The zero-order chi connectivity index (χ0) is 23.7. The van der Waals surface area contributed by atoms with Gasteiger partial charge in [0.1, 0.15) is 11.5 Å². The predicted molar refractivity (Wildman–Crippen MR) is 121 cm³/mol. The third-order valence-corrected chi connectivity index (χ3v) is 5.79. The first-order valence-electron chi connectivity index (χ1n) is 10.0. The fourth-order valence-electron chi connectivity index (χ4n) is 3.99. The average molecular weight is 460 g/mol. The maximum Gasteiger partial charge on any atom is 0.354 e. The topological polar surface area (TPSA) is 103 Å². The molecule has 170 valence electrons. The van der Waals surface area contributed by atoms with E-state index in [4.69, 9.17) is 16.3 Å². The molecule has 2 N–H and O–H groups in total. The van der Waals surface area contributed by atoms with Crippen LogP contribution < -0.4 is 0 Å². The zero-order valence-corrected chi connectivity index (χ0v) is 19.4. The van der Waals surface area contributed by atoms with E-state index in [0.717, 1.165) is 0 Å². The van der Waals surface area contributed by atoms with E-state index in [0.29, 0.717) is 34.0 Å². The Labute approximate surface area is 191 Å². The van der Waals surface area contributed by atoms with Crippen molar-refractivity contribution in [3.05, 3.63) is 62.9 Å². The molecular weight excluding hydrogens is 434 g/mol. The largest absolute Gasteiger partial charge is 0.507 e. The number of hydrogen-bond donors (Lipinski definition) is 2. The summed E-state index contributed by atoms with van der Waals surface area (Å²) in [7, 11) is 4.99. The summed E-state index contributed by atoms with van der Waals surface area (Å²) in [6, 6.07) is 6.04. The van der Waals surface area contributed by atoms with E-state index >= 15 is 0 Å². The van der Waals surface area contributed by atoms with Gasteiger partial charge in [-0.1, -0.05) is 23.7 Å². The van der Waals surface area contributed by atoms with Gasteiger partial charge < -0.3 is 24.6 Å². The Morgan fingerprint density at radius 2 is 1.97 bits per heavy atom. The number of aromatic amines is 1. The molecule has 1 aromatic carbocycles. The molecule has 1 aliphatic rings. The molecule has 0 saturated carbocycles. The van der Waals surface area contributed by atoms with Crippen molar-refractivity contribution in [3.8, 4) is 0 Å². The molecule has 9 heteroatoms. The molecule has 0 unspecified atom stereocenters. The number of esters is 1. The van der Waals surface area contributed by atoms with Crippen LogP contribution in [0.15, 0.2) is 29.8 Å². The SMILES string of the molecule is COC(=O)c1[nH]c(C)c(/C(O)=C2\C(=O)C(=O)N(CCN(C)C)[C@@H]2c2cccc(Cl)c2)c1C. The number of ketones is 1. The summed E-state index contributed by atoms with van der Waals surface area (Å²) in [5.74, 6) is -2.42. The van der Waals surface area contributed by atoms with Gasteiger partial charge in [-0.15, -0.1) is 0 Å². The van der Waals surface area contributed by atoms with Gasteiger partial charge in [0, 0.05) is 29.4 Å². The average Bonchev–Trinajstić information content (AvgIpc) is 3.18. The fourth-order valence-corrected chi connectivity index (χ4v) is 4.19. The lowest BCUT2D eigenvalue weighted by Gasteiger charge is -2.26. The highest BCUT2D eigenvalue weighted by Crippen LogP contribution is 2.41. The number of aryl methyl sites for hydroxylation is 1. The number of hydrogen-bond acceptors (Lipinski definition) is 6. The maximum absolute atomic E-state index is 13.1. The van der Waals surface area contributed by atoms with Crippen LogP contribution in [0.5, 0.6) is 0 Å². The highest BCUT2D eigenvalue weighted by Gasteiger charge is 2.46. The Morgan fingerprint density at radius 1 is 1.28 bits per heavy atom. The van der Waals surface area contributed by atoms with E-state index in [1.807, 2.05) is 19.0 Å². The number of aromatic nitrogens is 1. The van der Waals surface area contributed by atoms with Gasteiger partial charge in [-0.2, -0.15) is 0 Å². The second-order valence-electron chi connectivity index (χ2n) is 7.97. The Morgan fingerprint density at radius 3 is 2.56 bits per heavy atom. The van der Waals surface area contributed by atoms with Crippen LogP contribution >= 0.6 is 11.6 Å². The lowest BCUT2D eigenvalue weighted by molar-refractivity contribution is -0.140. The number of likely N-dealkylation sites (N-methyl/N-ethyl adjacent to an activating group) is 1. The summed E-state index contributed by atoms with van der Waals surface area (Å²) in [6.07, 6.45) is 0. The number of H-pyrrole nitrogens is 1. The molecule has 1 aliphatic heterocycles. The van der Waals surface area contributed by atoms with Crippen LogP contribution in [-0.4, -0.2) is 71.8 Å². The van der Waals surface area contributed by atoms with Crippen molar-refractivity contribution in [2.75, 3.05) is 34.3 Å². The minimum Gasteiger partial charge on any atom is -0.507 e. The van der Waals surface area contributed by atoms with E-state index in [-0.39, 0.29) is 23.6 Å². The van der Waals surface area contributed by atoms with E-state index in [9.17, 15) is 19.5 Å². The number of nitrogens with one attached hydrogen (secondary N) is 1. The quantitative estimate of drug-likeness (QED) is 0.298. The molecule has 1 aromatic heterocycles. The second-order valence-corrected chi connectivity index (χ2v) is 8.40. The van der Waals surface area contributed by atoms with Gasteiger partial charge in [-0.25, -0.2) is 4.79 Å². The van der Waals surface area contributed by atoms with E-state index in [1.165, 1.54) is 12.0 Å². The number of carbonyl (C=O) groups is 3. The molecule has 1 fully saturated rings. The van der Waals surface area contributed by atoms with Crippen molar-refractivity contribution in [2.45, 2.75) is 19.9 Å². The first-order valence-corrected chi connectivity index (χ1v) is 10.4. The number of amides is 1. The molecule has 0 radical (unpaired) electrons. The highest BCUT2D eigenvalue weighted by atomic mass is 35.5. The summed E-state index contributed by atoms with van der Waals surface area (Å²) >= 11 is 6.19. The molecule has 1 amide bonds. The number of aliphatic hydroxyl groups excluding tert-OH is 1. The first-order chi connectivity index (χ1) is 15.1. The van der Waals surface area contributed by atoms with Crippen molar-refractivity contribution < 1.29 is 24.2 Å². The monoisotopic (exact) mass is 459 g/mol. The molecular formula is C23H26ClN3O5. The molecule has 0 aliphatic carbocycles. The zero-order valence-electron chi connectivity index (χ0n) is 18.7. The highest BCUT2D eigenvalue weighted by molar-refractivity contribution is 6.46. The van der Waals surface area contributed by atoms with E-state index in [2.05, 4.69) is 4.98 Å². The molecule has 3 rings (SSSR count). The second kappa shape index (κ2) is 9.18. The number of aliphatic hydroxyl groups is 1. The first kappa shape index (κ1) is 23.6. The Hall–Kier alpha value is -3.10. The molecule has 0 bridgehead atoms. The van der Waals surface area contributed by atoms with Crippen molar-refractivity contribution in [2.24, 2.45) is 0 Å². The number of halogens is 1. The Balaban J connectivity index is 2.23. The van der Waals surface area contributed by atoms with E-state index < -0.39 is 23.7 Å². The van der Waals surface area contributed by atoms with Crippen LogP contribution in [-0.2, 0) is 14.3 Å². The number of nitrogens with zero attached hydrogens (tertiary/aromatic N) is 2. The Kier molecular flexibility index (Phi) is 6.76. The van der Waals surface area contributed by atoms with Gasteiger partial charge in [0.25, 0.3) is 11.7 Å². The summed E-state index contributed by atoms with van der Waals surface area (Å²) in [5.41, 5.74) is 1.94. The molecule has 2 heterocycles. The number of rotatable bonds is 6. The lowest BCUT2D eigenvalue weighted by atomic mass is 9.94. The summed E-state index contributed by atoms with van der Waals surface area (Å²) in [6.45, 7) is 4.12. The number of carbonyl (C=O) groups excluding carboxylic acids is 3. The number of ether oxygens (including phenoxy) is 1. The number of benzene rings is 1. The normalized spacial score (nSPS) is 18.0. The van der Waals surface area contributed by atoms with Crippen LogP contribution in [0.3, 0.4) is 0 Å². The smallest absolute Gasteiger partial charge is 0.354 e. The molecule has 1 atom stereocenters. The number of Topliss-reactive ketones (excluding diaryl/α,β-unsaturated/α-hetero) is 1. The van der Waals surface area contributed by atoms with E-state index in [1.54, 1.807) is 38.1 Å². The minimum absolute atomic E-state index is 0.0439. The summed E-state index contributed by atoms with van der Waals surface area (Å²) < 4.78 is 4.79. The van der Waals surface area contributed by atoms with Crippen molar-refractivity contribution in [1.29, 1.82) is 0 Å². The minimum atomic E-state index is -0.816. The fraction of sp³-hybridized carbons (Fsp3) is 0.348. The summed E-state index contributed by atoms with van der Waals surface area (Å²) in [5, 5.41) is 11.7. The maximum atomic E-state index is 13.1. The van der Waals surface area contributed by atoms with Crippen molar-refractivity contribution in [3.63, 3.8) is 0 Å². The van der Waals surface area contributed by atoms with Crippen LogP contribution in [0.1, 0.15) is 38.9 Å². The van der Waals surface area contributed by atoms with Crippen LogP contribution in [0.4, 0.5) is 0 Å². The molecule has 0 spiro atoms. The van der Waals surface area contributed by atoms with Gasteiger partial charge in [0.2, 0.25) is 0 Å².